The van der Waals surface area contributed by atoms with E-state index in [4.69, 9.17) is 4.74 Å². The Morgan fingerprint density at radius 1 is 1.25 bits per heavy atom. The minimum atomic E-state index is -0.510. The second-order valence-electron chi connectivity index (χ2n) is 6.85. The number of non-ortho nitro benzene ring substituents is 1. The molecule has 0 atom stereocenters. The summed E-state index contributed by atoms with van der Waals surface area (Å²) in [5, 5.41) is 11.1. The van der Waals surface area contributed by atoms with Crippen LogP contribution in [-0.4, -0.2) is 45.9 Å². The van der Waals surface area contributed by atoms with Gasteiger partial charge in [0.1, 0.15) is 11.6 Å². The minimum Gasteiger partial charge on any atom is -0.496 e. The molecule has 0 unspecified atom stereocenters. The van der Waals surface area contributed by atoms with Gasteiger partial charge in [-0.25, -0.2) is 4.98 Å². The van der Waals surface area contributed by atoms with Gasteiger partial charge in [0, 0.05) is 31.1 Å². The Hall–Kier alpha value is -3.42. The third-order valence-corrected chi connectivity index (χ3v) is 5.20. The molecular weight excluding hydrogens is 360 g/mol. The summed E-state index contributed by atoms with van der Waals surface area (Å²) < 4.78 is 5.23. The van der Waals surface area contributed by atoms with E-state index in [1.807, 2.05) is 24.3 Å². The van der Waals surface area contributed by atoms with Gasteiger partial charge in [-0.05, 0) is 31.0 Å². The lowest BCUT2D eigenvalue weighted by Gasteiger charge is -2.31. The van der Waals surface area contributed by atoms with Crippen molar-refractivity contribution in [3.63, 3.8) is 0 Å². The van der Waals surface area contributed by atoms with Gasteiger partial charge in [0.15, 0.2) is 0 Å². The Morgan fingerprint density at radius 3 is 2.68 bits per heavy atom. The minimum absolute atomic E-state index is 0.124. The number of nitro groups is 1. The second-order valence-corrected chi connectivity index (χ2v) is 6.85. The van der Waals surface area contributed by atoms with Crippen molar-refractivity contribution in [2.75, 3.05) is 20.2 Å². The predicted molar refractivity (Wildman–Crippen MR) is 104 cm³/mol. The quantitative estimate of drug-likeness (QED) is 0.551. The Labute approximate surface area is 161 Å². The van der Waals surface area contributed by atoms with E-state index >= 15 is 0 Å². The molecule has 8 nitrogen and oxygen atoms in total. The van der Waals surface area contributed by atoms with Crippen molar-refractivity contribution in [1.82, 2.24) is 14.9 Å². The van der Waals surface area contributed by atoms with Crippen molar-refractivity contribution in [2.24, 2.45) is 0 Å². The van der Waals surface area contributed by atoms with E-state index in [0.29, 0.717) is 18.8 Å². The van der Waals surface area contributed by atoms with E-state index in [-0.39, 0.29) is 23.1 Å². The number of imidazole rings is 1. The molecule has 8 heteroatoms. The number of benzene rings is 2. The predicted octanol–water partition coefficient (Wildman–Crippen LogP) is 3.50. The van der Waals surface area contributed by atoms with Gasteiger partial charge in [0.25, 0.3) is 11.6 Å². The maximum Gasteiger partial charge on any atom is 0.270 e. The number of likely N-dealkylation sites (tertiary alicyclic amines) is 1. The van der Waals surface area contributed by atoms with Gasteiger partial charge in [-0.1, -0.05) is 12.1 Å². The number of nitrogens with one attached hydrogen (secondary N) is 1. The summed E-state index contributed by atoms with van der Waals surface area (Å²) in [5.74, 6) is 1.29. The smallest absolute Gasteiger partial charge is 0.270 e. The van der Waals surface area contributed by atoms with Gasteiger partial charge in [0.05, 0.1) is 28.6 Å². The van der Waals surface area contributed by atoms with Crippen LogP contribution in [0.4, 0.5) is 5.69 Å². The zero-order valence-corrected chi connectivity index (χ0v) is 15.4. The molecule has 1 saturated heterocycles. The number of rotatable bonds is 4. The number of methoxy groups -OCH3 is 1. The lowest BCUT2D eigenvalue weighted by molar-refractivity contribution is -0.384. The first-order chi connectivity index (χ1) is 13.6. The van der Waals surface area contributed by atoms with Crippen LogP contribution in [0.5, 0.6) is 5.75 Å². The Kier molecular flexibility index (Phi) is 4.68. The zero-order valence-electron chi connectivity index (χ0n) is 15.4. The van der Waals surface area contributed by atoms with Crippen LogP contribution in [0.3, 0.4) is 0 Å². The molecule has 0 bridgehead atoms. The van der Waals surface area contributed by atoms with Gasteiger partial charge in [-0.15, -0.1) is 0 Å². The average molecular weight is 380 g/mol. The monoisotopic (exact) mass is 380 g/mol. The number of nitrogens with zero attached hydrogens (tertiary/aromatic N) is 3. The number of para-hydroxylation sites is 2. The van der Waals surface area contributed by atoms with Crippen LogP contribution in [0, 0.1) is 10.1 Å². The number of aromatic amines is 1. The Morgan fingerprint density at radius 2 is 2.00 bits per heavy atom. The third-order valence-electron chi connectivity index (χ3n) is 5.20. The van der Waals surface area contributed by atoms with Crippen LogP contribution in [0.2, 0.25) is 0 Å². The molecule has 4 rings (SSSR count). The van der Waals surface area contributed by atoms with E-state index in [1.165, 1.54) is 25.3 Å². The fourth-order valence-electron chi connectivity index (χ4n) is 3.67. The summed E-state index contributed by atoms with van der Waals surface area (Å²) in [6, 6.07) is 12.0. The number of H-pyrrole nitrogens is 1. The highest BCUT2D eigenvalue weighted by atomic mass is 16.6. The normalized spacial score (nSPS) is 15.0. The lowest BCUT2D eigenvalue weighted by Crippen LogP contribution is -2.38. The van der Waals surface area contributed by atoms with Crippen LogP contribution >= 0.6 is 0 Å². The number of fused-ring (bicyclic) bond motifs is 1. The number of hydrogen-bond acceptors (Lipinski definition) is 5. The number of ether oxygens (including phenoxy) is 1. The number of piperidine rings is 1. The SMILES string of the molecule is COc1ccc([N+](=O)[O-])cc1C(=O)N1CCC(c2nc3ccccc3[nH]2)CC1. The summed E-state index contributed by atoms with van der Waals surface area (Å²) in [6.07, 6.45) is 1.56. The van der Waals surface area contributed by atoms with Crippen LogP contribution in [-0.2, 0) is 0 Å². The molecule has 0 saturated carbocycles. The Balaban J connectivity index is 1.49. The van der Waals surface area contributed by atoms with Gasteiger partial charge in [0.2, 0.25) is 0 Å². The number of amides is 1. The van der Waals surface area contributed by atoms with Gasteiger partial charge < -0.3 is 14.6 Å². The molecule has 1 amide bonds. The molecule has 144 valence electrons. The highest BCUT2D eigenvalue weighted by Crippen LogP contribution is 2.30. The first-order valence-electron chi connectivity index (χ1n) is 9.13. The third kappa shape index (κ3) is 3.28. The summed E-state index contributed by atoms with van der Waals surface area (Å²) in [5.41, 5.74) is 2.05. The van der Waals surface area contributed by atoms with Crippen LogP contribution in [0.15, 0.2) is 42.5 Å². The van der Waals surface area contributed by atoms with Gasteiger partial charge in [-0.2, -0.15) is 0 Å². The first-order valence-corrected chi connectivity index (χ1v) is 9.13. The molecular formula is C20H20N4O4. The van der Waals surface area contributed by atoms with E-state index in [1.54, 1.807) is 4.90 Å². The van der Waals surface area contributed by atoms with Crippen molar-refractivity contribution in [1.29, 1.82) is 0 Å². The standard InChI is InChI=1S/C20H20N4O4/c1-28-18-7-6-14(24(26)27)12-15(18)20(25)23-10-8-13(9-11-23)19-21-16-4-2-3-5-17(16)22-19/h2-7,12-13H,8-11H2,1H3,(H,21,22). The second kappa shape index (κ2) is 7.30. The zero-order chi connectivity index (χ0) is 19.7. The average Bonchev–Trinajstić information content (AvgIpc) is 3.17. The number of aromatic nitrogens is 2. The van der Waals surface area contributed by atoms with Crippen molar-refractivity contribution in [2.45, 2.75) is 18.8 Å². The summed E-state index contributed by atoms with van der Waals surface area (Å²) >= 11 is 0. The highest BCUT2D eigenvalue weighted by molar-refractivity contribution is 5.97. The van der Waals surface area contributed by atoms with Gasteiger partial charge in [-0.3, -0.25) is 14.9 Å². The largest absolute Gasteiger partial charge is 0.496 e. The summed E-state index contributed by atoms with van der Waals surface area (Å²) in [7, 11) is 1.45. The number of nitro benzene ring substituents is 1. The van der Waals surface area contributed by atoms with Crippen molar-refractivity contribution in [3.05, 3.63) is 64.0 Å². The molecule has 0 spiro atoms. The van der Waals surface area contributed by atoms with Crippen molar-refractivity contribution in [3.8, 4) is 5.75 Å². The number of carbonyl (C=O) groups is 1. The number of hydrogen-bond donors (Lipinski definition) is 1. The van der Waals surface area contributed by atoms with E-state index in [2.05, 4.69) is 9.97 Å². The van der Waals surface area contributed by atoms with Crippen LogP contribution in [0.1, 0.15) is 34.9 Å². The fraction of sp³-hybridized carbons (Fsp3) is 0.300. The molecule has 1 aromatic heterocycles. The molecule has 0 aliphatic carbocycles. The lowest BCUT2D eigenvalue weighted by atomic mass is 9.95. The first kappa shape index (κ1) is 18.0. The molecule has 1 aliphatic heterocycles. The molecule has 0 radical (unpaired) electrons. The summed E-state index contributed by atoms with van der Waals surface area (Å²) in [4.78, 5) is 33.2. The molecule has 1 fully saturated rings. The summed E-state index contributed by atoms with van der Waals surface area (Å²) in [6.45, 7) is 1.12. The molecule has 1 N–H and O–H groups in total. The Bertz CT molecular complexity index is 1000. The molecule has 3 aromatic rings. The number of carbonyl (C=O) groups excluding carboxylic acids is 1. The van der Waals surface area contributed by atoms with Crippen LogP contribution < -0.4 is 4.74 Å². The fourth-order valence-corrected chi connectivity index (χ4v) is 3.67. The molecule has 1 aliphatic rings. The maximum atomic E-state index is 12.9. The van der Waals surface area contributed by atoms with Crippen LogP contribution in [0.25, 0.3) is 11.0 Å². The van der Waals surface area contributed by atoms with E-state index in [9.17, 15) is 14.9 Å². The van der Waals surface area contributed by atoms with Gasteiger partial charge >= 0.3 is 0 Å². The molecule has 28 heavy (non-hydrogen) atoms. The van der Waals surface area contributed by atoms with E-state index in [0.717, 1.165) is 29.7 Å². The maximum absolute atomic E-state index is 12.9. The topological polar surface area (TPSA) is 101 Å². The van der Waals surface area contributed by atoms with Crippen molar-refractivity contribution >= 4 is 22.6 Å². The van der Waals surface area contributed by atoms with Crippen molar-refractivity contribution < 1.29 is 14.5 Å². The van der Waals surface area contributed by atoms with E-state index < -0.39 is 4.92 Å². The molecule has 2 aromatic carbocycles. The molecule has 2 heterocycles. The highest BCUT2D eigenvalue weighted by Gasteiger charge is 2.28.